The summed E-state index contributed by atoms with van der Waals surface area (Å²) in [6, 6.07) is 6.34. The van der Waals surface area contributed by atoms with E-state index in [-0.39, 0.29) is 0 Å². The maximum Gasteiger partial charge on any atom is 0.124 e. The lowest BCUT2D eigenvalue weighted by molar-refractivity contribution is 0.306. The van der Waals surface area contributed by atoms with E-state index in [9.17, 15) is 0 Å². The molecule has 0 aliphatic carbocycles. The lowest BCUT2D eigenvalue weighted by Gasteiger charge is -2.11. The summed E-state index contributed by atoms with van der Waals surface area (Å²) in [7, 11) is 0. The minimum atomic E-state index is 0.627. The van der Waals surface area contributed by atoms with Gasteiger partial charge in [-0.15, -0.1) is 11.3 Å². The molecular formula is C14H15BrOS. The molecule has 0 aliphatic heterocycles. The molecule has 1 nitrogen and oxygen atoms in total. The van der Waals surface area contributed by atoms with E-state index >= 15 is 0 Å². The van der Waals surface area contributed by atoms with Gasteiger partial charge in [0.05, 0.1) is 4.88 Å². The SMILES string of the molecule is Cc1cc(C)c(C)c(OCc2sccc2Br)c1. The summed E-state index contributed by atoms with van der Waals surface area (Å²) >= 11 is 5.23. The van der Waals surface area contributed by atoms with E-state index in [1.54, 1.807) is 11.3 Å². The molecule has 0 aliphatic rings. The number of benzene rings is 1. The van der Waals surface area contributed by atoms with Gasteiger partial charge in [0.25, 0.3) is 0 Å². The molecule has 1 aromatic heterocycles. The van der Waals surface area contributed by atoms with Crippen LogP contribution in [0, 0.1) is 20.8 Å². The van der Waals surface area contributed by atoms with Gasteiger partial charge in [0, 0.05) is 4.47 Å². The van der Waals surface area contributed by atoms with Crippen molar-refractivity contribution in [1.82, 2.24) is 0 Å². The molecule has 0 fully saturated rings. The summed E-state index contributed by atoms with van der Waals surface area (Å²) in [5.41, 5.74) is 3.75. The molecule has 0 bridgehead atoms. The van der Waals surface area contributed by atoms with Gasteiger partial charge < -0.3 is 4.74 Å². The van der Waals surface area contributed by atoms with Crippen molar-refractivity contribution in [3.8, 4) is 5.75 Å². The van der Waals surface area contributed by atoms with Crippen molar-refractivity contribution in [3.63, 3.8) is 0 Å². The first-order chi connectivity index (χ1) is 8.08. The third-order valence-electron chi connectivity index (χ3n) is 2.81. The van der Waals surface area contributed by atoms with Gasteiger partial charge in [0.1, 0.15) is 12.4 Å². The van der Waals surface area contributed by atoms with E-state index in [1.165, 1.54) is 21.6 Å². The Kier molecular flexibility index (Phi) is 3.89. The number of thiophene rings is 1. The van der Waals surface area contributed by atoms with Crippen LogP contribution in [0.3, 0.4) is 0 Å². The number of hydrogen-bond donors (Lipinski definition) is 0. The third-order valence-corrected chi connectivity index (χ3v) is 4.71. The molecule has 2 aromatic rings. The first-order valence-electron chi connectivity index (χ1n) is 5.50. The number of halogens is 1. The summed E-state index contributed by atoms with van der Waals surface area (Å²) in [5.74, 6) is 0.989. The Morgan fingerprint density at radius 3 is 2.65 bits per heavy atom. The highest BCUT2D eigenvalue weighted by Crippen LogP contribution is 2.27. The highest BCUT2D eigenvalue weighted by molar-refractivity contribution is 9.10. The Morgan fingerprint density at radius 2 is 2.00 bits per heavy atom. The van der Waals surface area contributed by atoms with Crippen LogP contribution in [0.4, 0.5) is 0 Å². The largest absolute Gasteiger partial charge is 0.488 e. The summed E-state index contributed by atoms with van der Waals surface area (Å²) in [4.78, 5) is 1.23. The van der Waals surface area contributed by atoms with Crippen LogP contribution in [0.2, 0.25) is 0 Å². The molecule has 2 rings (SSSR count). The molecule has 1 aromatic carbocycles. The standard InChI is InChI=1S/C14H15BrOS/c1-9-6-10(2)11(3)13(7-9)16-8-14-12(15)4-5-17-14/h4-7H,8H2,1-3H3. The summed E-state index contributed by atoms with van der Waals surface area (Å²) < 4.78 is 7.03. The van der Waals surface area contributed by atoms with Crippen molar-refractivity contribution in [3.05, 3.63) is 49.6 Å². The predicted octanol–water partition coefficient (Wildman–Crippen LogP) is 5.01. The van der Waals surface area contributed by atoms with Gasteiger partial charge in [-0.1, -0.05) is 6.07 Å². The van der Waals surface area contributed by atoms with Gasteiger partial charge in [0.2, 0.25) is 0 Å². The molecule has 0 saturated carbocycles. The molecule has 0 spiro atoms. The average molecular weight is 311 g/mol. The zero-order chi connectivity index (χ0) is 12.4. The Bertz CT molecular complexity index is 531. The fraction of sp³-hybridized carbons (Fsp3) is 0.286. The third kappa shape index (κ3) is 2.90. The van der Waals surface area contributed by atoms with Crippen LogP contribution in [-0.4, -0.2) is 0 Å². The number of aryl methyl sites for hydroxylation is 2. The minimum absolute atomic E-state index is 0.627. The van der Waals surface area contributed by atoms with Gasteiger partial charge >= 0.3 is 0 Å². The van der Waals surface area contributed by atoms with E-state index in [4.69, 9.17) is 4.74 Å². The van der Waals surface area contributed by atoms with Crippen LogP contribution in [0.5, 0.6) is 5.75 Å². The normalized spacial score (nSPS) is 10.6. The van der Waals surface area contributed by atoms with E-state index in [0.717, 1.165) is 10.2 Å². The monoisotopic (exact) mass is 310 g/mol. The van der Waals surface area contributed by atoms with Crippen molar-refractivity contribution >= 4 is 27.3 Å². The van der Waals surface area contributed by atoms with Gasteiger partial charge in [-0.25, -0.2) is 0 Å². The van der Waals surface area contributed by atoms with E-state index in [0.29, 0.717) is 6.61 Å². The van der Waals surface area contributed by atoms with Crippen molar-refractivity contribution in [2.45, 2.75) is 27.4 Å². The molecule has 0 amide bonds. The second-order valence-electron chi connectivity index (χ2n) is 4.19. The second-order valence-corrected chi connectivity index (χ2v) is 6.04. The van der Waals surface area contributed by atoms with Crippen molar-refractivity contribution in [2.75, 3.05) is 0 Å². The molecule has 3 heteroatoms. The smallest absolute Gasteiger partial charge is 0.124 e. The van der Waals surface area contributed by atoms with Gasteiger partial charge in [-0.3, -0.25) is 0 Å². The van der Waals surface area contributed by atoms with Crippen LogP contribution in [0.15, 0.2) is 28.1 Å². The van der Waals surface area contributed by atoms with Gasteiger partial charge in [0.15, 0.2) is 0 Å². The van der Waals surface area contributed by atoms with E-state index < -0.39 is 0 Å². The number of hydrogen-bond acceptors (Lipinski definition) is 2. The number of rotatable bonds is 3. The van der Waals surface area contributed by atoms with Gasteiger partial charge in [-0.2, -0.15) is 0 Å². The van der Waals surface area contributed by atoms with Crippen molar-refractivity contribution < 1.29 is 4.74 Å². The highest BCUT2D eigenvalue weighted by Gasteiger charge is 2.06. The Balaban J connectivity index is 2.17. The van der Waals surface area contributed by atoms with Crippen LogP contribution in [-0.2, 0) is 6.61 Å². The fourth-order valence-electron chi connectivity index (χ4n) is 1.72. The van der Waals surface area contributed by atoms with Crippen LogP contribution in [0.1, 0.15) is 21.6 Å². The van der Waals surface area contributed by atoms with Crippen molar-refractivity contribution in [1.29, 1.82) is 0 Å². The fourth-order valence-corrected chi connectivity index (χ4v) is 3.10. The molecule has 90 valence electrons. The lowest BCUT2D eigenvalue weighted by atomic mass is 10.1. The predicted molar refractivity (Wildman–Crippen MR) is 77.0 cm³/mol. The molecule has 0 unspecified atom stereocenters. The highest BCUT2D eigenvalue weighted by atomic mass is 79.9. The Hall–Kier alpha value is -0.800. The average Bonchev–Trinajstić information content (AvgIpc) is 2.67. The first-order valence-corrected chi connectivity index (χ1v) is 7.17. The zero-order valence-electron chi connectivity index (χ0n) is 10.2. The summed E-state index contributed by atoms with van der Waals surface area (Å²) in [6.07, 6.45) is 0. The molecule has 0 N–H and O–H groups in total. The molecule has 17 heavy (non-hydrogen) atoms. The van der Waals surface area contributed by atoms with E-state index in [2.05, 4.69) is 60.3 Å². The van der Waals surface area contributed by atoms with Crippen LogP contribution < -0.4 is 4.74 Å². The van der Waals surface area contributed by atoms with Gasteiger partial charge in [-0.05, 0) is 70.9 Å². The first kappa shape index (κ1) is 12.7. The lowest BCUT2D eigenvalue weighted by Crippen LogP contribution is -1.97. The molecule has 0 saturated heterocycles. The quantitative estimate of drug-likeness (QED) is 0.774. The van der Waals surface area contributed by atoms with Crippen molar-refractivity contribution in [2.24, 2.45) is 0 Å². The summed E-state index contributed by atoms with van der Waals surface area (Å²) in [5, 5.41) is 2.07. The van der Waals surface area contributed by atoms with E-state index in [1.807, 2.05) is 0 Å². The molecule has 0 radical (unpaired) electrons. The Labute approximate surface area is 115 Å². The molecule has 0 atom stereocenters. The van der Waals surface area contributed by atoms with Crippen LogP contribution >= 0.6 is 27.3 Å². The van der Waals surface area contributed by atoms with Crippen LogP contribution in [0.25, 0.3) is 0 Å². The Morgan fingerprint density at radius 1 is 1.24 bits per heavy atom. The molecular weight excluding hydrogens is 296 g/mol. The second kappa shape index (κ2) is 5.23. The number of ether oxygens (including phenoxy) is 1. The minimum Gasteiger partial charge on any atom is -0.488 e. The maximum absolute atomic E-state index is 5.90. The zero-order valence-corrected chi connectivity index (χ0v) is 12.6. The molecule has 1 heterocycles. The topological polar surface area (TPSA) is 9.23 Å². The maximum atomic E-state index is 5.90. The summed E-state index contributed by atoms with van der Waals surface area (Å²) in [6.45, 7) is 6.95.